The third-order valence-electron chi connectivity index (χ3n) is 3.69. The van der Waals surface area contributed by atoms with Gasteiger partial charge in [0.05, 0.1) is 28.4 Å². The van der Waals surface area contributed by atoms with Gasteiger partial charge in [-0.3, -0.25) is 0 Å². The smallest absolute Gasteiger partial charge is 0.244 e. The molecule has 0 saturated heterocycles. The van der Waals surface area contributed by atoms with E-state index in [1.54, 1.807) is 0 Å². The fourth-order valence-electron chi connectivity index (χ4n) is 2.46. The second kappa shape index (κ2) is 6.08. The molecule has 1 aromatic carbocycles. The largest absolute Gasteiger partial charge is 0.427 e. The van der Waals surface area contributed by atoms with Crippen molar-refractivity contribution < 1.29 is 21.6 Å². The molecule has 2 aromatic heterocycles. The van der Waals surface area contributed by atoms with Crippen LogP contribution >= 0.6 is 11.3 Å². The van der Waals surface area contributed by atoms with Crippen LogP contribution < -0.4 is 0 Å². The molecular formula is C15H11F3N4O2S2. The van der Waals surface area contributed by atoms with Crippen molar-refractivity contribution in [3.63, 3.8) is 0 Å². The standard InChI is InChI=1S/C15H11F3N4O2S2/c1-21(2)26(23,24)22-7-11(10-5-9(6-19)3-4-12(10)22)13-14(15(16,17)18)25-8-20-13/h3-5,7-8H,1-2H3. The Hall–Kier alpha value is -2.42. The molecular weight excluding hydrogens is 389 g/mol. The molecule has 0 radical (unpaired) electrons. The molecule has 0 unspecified atom stereocenters. The van der Waals surface area contributed by atoms with Gasteiger partial charge in [0.25, 0.3) is 0 Å². The van der Waals surface area contributed by atoms with Gasteiger partial charge in [0.15, 0.2) is 0 Å². The first-order valence-corrected chi connectivity index (χ1v) is 9.34. The van der Waals surface area contributed by atoms with E-state index in [1.165, 1.54) is 32.3 Å². The predicted octanol–water partition coefficient (Wildman–Crippen LogP) is 3.31. The molecule has 0 bridgehead atoms. The monoisotopic (exact) mass is 400 g/mol. The molecule has 2 heterocycles. The highest BCUT2D eigenvalue weighted by atomic mass is 32.2. The summed E-state index contributed by atoms with van der Waals surface area (Å²) in [5.41, 5.74) is 1.04. The van der Waals surface area contributed by atoms with Crippen LogP contribution in [0.1, 0.15) is 10.4 Å². The second-order valence-corrected chi connectivity index (χ2v) is 8.37. The first kappa shape index (κ1) is 18.4. The number of nitriles is 1. The average molecular weight is 400 g/mol. The number of halogens is 3. The lowest BCUT2D eigenvalue weighted by molar-refractivity contribution is -0.134. The lowest BCUT2D eigenvalue weighted by atomic mass is 10.1. The van der Waals surface area contributed by atoms with Crippen molar-refractivity contribution in [3.8, 4) is 17.3 Å². The van der Waals surface area contributed by atoms with Crippen LogP contribution in [-0.2, 0) is 16.4 Å². The number of alkyl halides is 3. The zero-order valence-corrected chi connectivity index (χ0v) is 15.1. The Balaban J connectivity index is 2.41. The zero-order chi connectivity index (χ0) is 19.3. The van der Waals surface area contributed by atoms with E-state index < -0.39 is 21.3 Å². The molecule has 0 atom stereocenters. The van der Waals surface area contributed by atoms with Gasteiger partial charge in [-0.1, -0.05) is 0 Å². The fraction of sp³-hybridized carbons (Fsp3) is 0.200. The highest BCUT2D eigenvalue weighted by Gasteiger charge is 2.37. The van der Waals surface area contributed by atoms with E-state index in [9.17, 15) is 21.6 Å². The van der Waals surface area contributed by atoms with E-state index in [4.69, 9.17) is 5.26 Å². The maximum Gasteiger partial charge on any atom is 0.427 e. The third-order valence-corrected chi connectivity index (χ3v) is 6.28. The van der Waals surface area contributed by atoms with Crippen molar-refractivity contribution >= 4 is 32.4 Å². The van der Waals surface area contributed by atoms with Gasteiger partial charge in [-0.15, -0.1) is 11.3 Å². The summed E-state index contributed by atoms with van der Waals surface area (Å²) in [7, 11) is -1.35. The van der Waals surface area contributed by atoms with Crippen LogP contribution in [0.15, 0.2) is 29.9 Å². The quantitative estimate of drug-likeness (QED) is 0.676. The van der Waals surface area contributed by atoms with Gasteiger partial charge in [0, 0.05) is 31.2 Å². The summed E-state index contributed by atoms with van der Waals surface area (Å²) in [6.45, 7) is 0. The lowest BCUT2D eigenvalue weighted by Gasteiger charge is -2.13. The molecule has 0 aliphatic rings. The van der Waals surface area contributed by atoms with Gasteiger partial charge in [-0.05, 0) is 18.2 Å². The minimum absolute atomic E-state index is 0.00361. The van der Waals surface area contributed by atoms with Crippen molar-refractivity contribution in [3.05, 3.63) is 40.3 Å². The Morgan fingerprint density at radius 2 is 2.00 bits per heavy atom. The van der Waals surface area contributed by atoms with Crippen molar-refractivity contribution in [2.24, 2.45) is 0 Å². The molecule has 136 valence electrons. The Kier molecular flexibility index (Phi) is 4.30. The number of nitrogens with zero attached hydrogens (tertiary/aromatic N) is 4. The minimum Gasteiger partial charge on any atom is -0.244 e. The van der Waals surface area contributed by atoms with Crippen molar-refractivity contribution in [2.45, 2.75) is 6.18 Å². The van der Waals surface area contributed by atoms with Gasteiger partial charge in [0.1, 0.15) is 4.88 Å². The number of hydrogen-bond acceptors (Lipinski definition) is 5. The van der Waals surface area contributed by atoms with Crippen molar-refractivity contribution in [1.82, 2.24) is 13.3 Å². The van der Waals surface area contributed by atoms with E-state index in [-0.39, 0.29) is 27.7 Å². The lowest BCUT2D eigenvalue weighted by Crippen LogP contribution is -2.28. The van der Waals surface area contributed by atoms with Crippen LogP contribution in [0.3, 0.4) is 0 Å². The summed E-state index contributed by atoms with van der Waals surface area (Å²) in [5, 5.41) is 9.28. The summed E-state index contributed by atoms with van der Waals surface area (Å²) < 4.78 is 66.7. The van der Waals surface area contributed by atoms with Crippen LogP contribution in [0.25, 0.3) is 22.2 Å². The Labute approximate surface area is 150 Å². The normalized spacial score (nSPS) is 12.7. The molecule has 0 saturated carbocycles. The number of aromatic nitrogens is 2. The molecule has 3 rings (SSSR count). The SMILES string of the molecule is CN(C)S(=O)(=O)n1cc(-c2ncsc2C(F)(F)F)c2cc(C#N)ccc21. The summed E-state index contributed by atoms with van der Waals surface area (Å²) in [5.74, 6) is 0. The van der Waals surface area contributed by atoms with Crippen molar-refractivity contribution in [1.29, 1.82) is 5.26 Å². The Morgan fingerprint density at radius 1 is 1.31 bits per heavy atom. The van der Waals surface area contributed by atoms with Crippen LogP contribution in [-0.4, -0.2) is 35.8 Å². The molecule has 6 nitrogen and oxygen atoms in total. The summed E-state index contributed by atoms with van der Waals surface area (Å²) >= 11 is 0.423. The number of thiazole rings is 1. The van der Waals surface area contributed by atoms with Crippen molar-refractivity contribution in [2.75, 3.05) is 14.1 Å². The second-order valence-electron chi connectivity index (χ2n) is 5.50. The molecule has 0 fully saturated rings. The number of rotatable bonds is 3. The molecule has 3 aromatic rings. The maximum atomic E-state index is 13.3. The van der Waals surface area contributed by atoms with Gasteiger partial charge < -0.3 is 0 Å². The molecule has 11 heteroatoms. The van der Waals surface area contributed by atoms with Crippen LogP contribution in [0.2, 0.25) is 0 Å². The Morgan fingerprint density at radius 3 is 2.58 bits per heavy atom. The number of benzene rings is 1. The topological polar surface area (TPSA) is 79.0 Å². The fourth-order valence-corrected chi connectivity index (χ4v) is 4.13. The maximum absolute atomic E-state index is 13.3. The Bertz CT molecular complexity index is 1140. The van der Waals surface area contributed by atoms with Crippen LogP contribution in [0.5, 0.6) is 0 Å². The first-order chi connectivity index (χ1) is 12.1. The van der Waals surface area contributed by atoms with E-state index >= 15 is 0 Å². The number of hydrogen-bond donors (Lipinski definition) is 0. The van der Waals surface area contributed by atoms with Crippen LogP contribution in [0, 0.1) is 11.3 Å². The van der Waals surface area contributed by atoms with E-state index in [0.717, 1.165) is 20.0 Å². The molecule has 0 aliphatic carbocycles. The minimum atomic E-state index is -4.63. The summed E-state index contributed by atoms with van der Waals surface area (Å²) in [4.78, 5) is 2.86. The van der Waals surface area contributed by atoms with Gasteiger partial charge in [0.2, 0.25) is 0 Å². The molecule has 0 N–H and O–H groups in total. The molecule has 0 aliphatic heterocycles. The van der Waals surface area contributed by atoms with Gasteiger partial charge in [-0.25, -0.2) is 8.96 Å². The van der Waals surface area contributed by atoms with E-state index in [2.05, 4.69) is 4.98 Å². The number of fused-ring (bicyclic) bond motifs is 1. The highest BCUT2D eigenvalue weighted by molar-refractivity contribution is 7.87. The zero-order valence-electron chi connectivity index (χ0n) is 13.4. The van der Waals surface area contributed by atoms with E-state index in [1.807, 2.05) is 6.07 Å². The highest BCUT2D eigenvalue weighted by Crippen LogP contribution is 2.42. The molecule has 0 spiro atoms. The third kappa shape index (κ3) is 2.86. The van der Waals surface area contributed by atoms with Gasteiger partial charge in [-0.2, -0.15) is 31.2 Å². The summed E-state index contributed by atoms with van der Waals surface area (Å²) in [6.07, 6.45) is -3.52. The molecule has 26 heavy (non-hydrogen) atoms. The van der Waals surface area contributed by atoms with E-state index in [0.29, 0.717) is 11.3 Å². The predicted molar refractivity (Wildman–Crippen MR) is 90.8 cm³/mol. The summed E-state index contributed by atoms with van der Waals surface area (Å²) in [6, 6.07) is 6.04. The average Bonchev–Trinajstić information content (AvgIpc) is 3.18. The molecule has 0 amide bonds. The first-order valence-electron chi connectivity index (χ1n) is 7.06. The van der Waals surface area contributed by atoms with Crippen LogP contribution in [0.4, 0.5) is 13.2 Å². The van der Waals surface area contributed by atoms with Gasteiger partial charge >= 0.3 is 16.4 Å².